The summed E-state index contributed by atoms with van der Waals surface area (Å²) in [5, 5.41) is 2.95. The van der Waals surface area contributed by atoms with Crippen molar-refractivity contribution in [2.24, 2.45) is 11.7 Å². The topological polar surface area (TPSA) is 87.9 Å². The molecule has 1 aromatic rings. The molecule has 1 saturated carbocycles. The highest BCUT2D eigenvalue weighted by molar-refractivity contribution is 5.97. The number of carbonyl (C=O) groups excluding carboxylic acids is 2. The Balaban J connectivity index is 1.61. The Kier molecular flexibility index (Phi) is 6.24. The van der Waals surface area contributed by atoms with Gasteiger partial charge in [-0.1, -0.05) is 6.92 Å². The van der Waals surface area contributed by atoms with Crippen molar-refractivity contribution in [3.63, 3.8) is 0 Å². The van der Waals surface area contributed by atoms with Crippen LogP contribution < -0.4 is 16.0 Å². The van der Waals surface area contributed by atoms with Crippen LogP contribution in [0.3, 0.4) is 0 Å². The second kappa shape index (κ2) is 8.62. The highest BCUT2D eigenvalue weighted by Crippen LogP contribution is 2.30. The number of nitrogens with one attached hydrogen (secondary N) is 1. The number of hydrogen-bond donors (Lipinski definition) is 2. The van der Waals surface area contributed by atoms with Gasteiger partial charge in [0.15, 0.2) is 0 Å². The maximum atomic E-state index is 12.7. The Hall–Kier alpha value is -1.96. The van der Waals surface area contributed by atoms with E-state index in [4.69, 9.17) is 10.5 Å². The lowest BCUT2D eigenvalue weighted by atomic mass is 10.2. The van der Waals surface area contributed by atoms with Crippen LogP contribution in [0.15, 0.2) is 24.3 Å². The van der Waals surface area contributed by atoms with Crippen molar-refractivity contribution in [1.29, 1.82) is 0 Å². The molecule has 1 aromatic carbocycles. The number of amides is 2. The van der Waals surface area contributed by atoms with Gasteiger partial charge in [-0.05, 0) is 49.6 Å². The van der Waals surface area contributed by atoms with Crippen molar-refractivity contribution >= 4 is 23.2 Å². The van der Waals surface area contributed by atoms with Crippen LogP contribution in [-0.4, -0.2) is 62.1 Å². The van der Waals surface area contributed by atoms with E-state index in [1.807, 2.05) is 24.3 Å². The number of rotatable bonds is 8. The molecule has 142 valence electrons. The number of ether oxygens (including phenoxy) is 1. The van der Waals surface area contributed by atoms with E-state index in [2.05, 4.69) is 17.1 Å². The van der Waals surface area contributed by atoms with Gasteiger partial charge in [-0.15, -0.1) is 0 Å². The van der Waals surface area contributed by atoms with Gasteiger partial charge in [0.1, 0.15) is 12.6 Å². The molecule has 2 amide bonds. The average molecular weight is 360 g/mol. The molecule has 7 nitrogen and oxygen atoms in total. The first-order valence-corrected chi connectivity index (χ1v) is 9.35. The zero-order valence-electron chi connectivity index (χ0n) is 15.3. The molecular formula is C19H28N4O3. The molecule has 1 saturated heterocycles. The summed E-state index contributed by atoms with van der Waals surface area (Å²) in [5.74, 6) is 0.585. The maximum absolute atomic E-state index is 12.7. The minimum atomic E-state index is -0.318. The molecule has 1 heterocycles. The molecular weight excluding hydrogens is 332 g/mol. The number of nitrogens with zero attached hydrogens (tertiary/aromatic N) is 2. The minimum Gasteiger partial charge on any atom is -0.370 e. The van der Waals surface area contributed by atoms with Gasteiger partial charge in [0.05, 0.1) is 6.61 Å². The molecule has 3 N–H and O–H groups in total. The van der Waals surface area contributed by atoms with Gasteiger partial charge in [0.25, 0.3) is 5.91 Å². The Bertz CT molecular complexity index is 630. The van der Waals surface area contributed by atoms with Crippen LogP contribution in [0.5, 0.6) is 0 Å². The lowest BCUT2D eigenvalue weighted by molar-refractivity contribution is -0.125. The molecule has 1 atom stereocenters. The standard InChI is InChI=1S/C19H28N4O3/c1-2-22(12-14-3-4-14)17(11-20)19(25)21-15-5-7-16(8-6-15)23-9-10-26-13-18(23)24/h5-8,14,17H,2-4,9-13,20H2,1H3,(H,21,25)/t17-/m1/s1. The molecule has 26 heavy (non-hydrogen) atoms. The van der Waals surface area contributed by atoms with E-state index in [0.717, 1.165) is 18.8 Å². The summed E-state index contributed by atoms with van der Waals surface area (Å²) in [5.41, 5.74) is 7.40. The molecule has 0 radical (unpaired) electrons. The van der Waals surface area contributed by atoms with Gasteiger partial charge in [0, 0.05) is 31.0 Å². The Labute approximate surface area is 154 Å². The average Bonchev–Trinajstić information content (AvgIpc) is 3.47. The summed E-state index contributed by atoms with van der Waals surface area (Å²) in [4.78, 5) is 28.4. The van der Waals surface area contributed by atoms with Crippen LogP contribution in [-0.2, 0) is 14.3 Å². The van der Waals surface area contributed by atoms with Gasteiger partial charge < -0.3 is 20.7 Å². The summed E-state index contributed by atoms with van der Waals surface area (Å²) in [7, 11) is 0. The monoisotopic (exact) mass is 360 g/mol. The quantitative estimate of drug-likeness (QED) is 0.723. The summed E-state index contributed by atoms with van der Waals surface area (Å²) < 4.78 is 5.15. The zero-order chi connectivity index (χ0) is 18.5. The van der Waals surface area contributed by atoms with Gasteiger partial charge in [-0.2, -0.15) is 0 Å². The molecule has 3 rings (SSSR count). The fourth-order valence-corrected chi connectivity index (χ4v) is 3.27. The molecule has 7 heteroatoms. The number of morpholine rings is 1. The molecule has 0 bridgehead atoms. The highest BCUT2D eigenvalue weighted by atomic mass is 16.5. The highest BCUT2D eigenvalue weighted by Gasteiger charge is 2.30. The van der Waals surface area contributed by atoms with Crippen LogP contribution in [0.1, 0.15) is 19.8 Å². The van der Waals surface area contributed by atoms with Crippen molar-refractivity contribution in [2.75, 3.05) is 49.6 Å². The summed E-state index contributed by atoms with van der Waals surface area (Å²) >= 11 is 0. The van der Waals surface area contributed by atoms with Crippen LogP contribution >= 0.6 is 0 Å². The molecule has 0 spiro atoms. The van der Waals surface area contributed by atoms with E-state index in [1.165, 1.54) is 12.8 Å². The Morgan fingerprint density at radius 2 is 2.12 bits per heavy atom. The van der Waals surface area contributed by atoms with E-state index in [0.29, 0.717) is 31.3 Å². The van der Waals surface area contributed by atoms with Crippen molar-refractivity contribution in [2.45, 2.75) is 25.8 Å². The number of nitrogens with two attached hydrogens (primary N) is 1. The predicted octanol–water partition coefficient (Wildman–Crippen LogP) is 1.05. The smallest absolute Gasteiger partial charge is 0.253 e. The van der Waals surface area contributed by atoms with E-state index in [1.54, 1.807) is 4.90 Å². The van der Waals surface area contributed by atoms with Gasteiger partial charge in [0.2, 0.25) is 5.91 Å². The van der Waals surface area contributed by atoms with Gasteiger partial charge in [-0.3, -0.25) is 14.5 Å². The van der Waals surface area contributed by atoms with E-state index in [-0.39, 0.29) is 24.5 Å². The summed E-state index contributed by atoms with van der Waals surface area (Å²) in [6.07, 6.45) is 2.49. The third-order valence-electron chi connectivity index (χ3n) is 4.99. The van der Waals surface area contributed by atoms with Crippen molar-refractivity contribution < 1.29 is 14.3 Å². The van der Waals surface area contributed by atoms with Crippen LogP contribution in [0.4, 0.5) is 11.4 Å². The zero-order valence-corrected chi connectivity index (χ0v) is 15.3. The molecule has 1 aliphatic carbocycles. The Morgan fingerprint density at radius 3 is 2.69 bits per heavy atom. The first kappa shape index (κ1) is 18.8. The summed E-state index contributed by atoms with van der Waals surface area (Å²) in [6.45, 7) is 5.31. The van der Waals surface area contributed by atoms with Gasteiger partial charge >= 0.3 is 0 Å². The fraction of sp³-hybridized carbons (Fsp3) is 0.579. The lowest BCUT2D eigenvalue weighted by Crippen LogP contribution is -2.49. The molecule has 0 aromatic heterocycles. The van der Waals surface area contributed by atoms with Crippen molar-refractivity contribution in [3.8, 4) is 0 Å². The normalized spacial score (nSPS) is 18.9. The maximum Gasteiger partial charge on any atom is 0.253 e. The van der Waals surface area contributed by atoms with Crippen molar-refractivity contribution in [3.05, 3.63) is 24.3 Å². The second-order valence-electron chi connectivity index (χ2n) is 6.92. The predicted molar refractivity (Wildman–Crippen MR) is 101 cm³/mol. The third kappa shape index (κ3) is 4.60. The lowest BCUT2D eigenvalue weighted by Gasteiger charge is -2.29. The minimum absolute atomic E-state index is 0.0464. The fourth-order valence-electron chi connectivity index (χ4n) is 3.27. The van der Waals surface area contributed by atoms with E-state index >= 15 is 0 Å². The number of carbonyl (C=O) groups is 2. The first-order valence-electron chi connectivity index (χ1n) is 9.35. The third-order valence-corrected chi connectivity index (χ3v) is 4.99. The van der Waals surface area contributed by atoms with E-state index < -0.39 is 0 Å². The largest absolute Gasteiger partial charge is 0.370 e. The second-order valence-corrected chi connectivity index (χ2v) is 6.92. The van der Waals surface area contributed by atoms with Crippen LogP contribution in [0.2, 0.25) is 0 Å². The Morgan fingerprint density at radius 1 is 1.38 bits per heavy atom. The summed E-state index contributed by atoms with van der Waals surface area (Å²) in [6, 6.07) is 7.01. The van der Waals surface area contributed by atoms with Crippen LogP contribution in [0, 0.1) is 5.92 Å². The number of benzene rings is 1. The number of anilines is 2. The molecule has 0 unspecified atom stereocenters. The molecule has 1 aliphatic heterocycles. The molecule has 2 aliphatic rings. The van der Waals surface area contributed by atoms with Crippen molar-refractivity contribution in [1.82, 2.24) is 4.90 Å². The number of hydrogen-bond acceptors (Lipinski definition) is 5. The SMILES string of the molecule is CCN(CC1CC1)[C@H](CN)C(=O)Nc1ccc(N2CCOCC2=O)cc1. The van der Waals surface area contributed by atoms with Gasteiger partial charge in [-0.25, -0.2) is 0 Å². The molecule has 2 fully saturated rings. The number of likely N-dealkylation sites (N-methyl/N-ethyl adjacent to an activating group) is 1. The first-order chi connectivity index (χ1) is 12.6. The van der Waals surface area contributed by atoms with Crippen LogP contribution in [0.25, 0.3) is 0 Å². The van der Waals surface area contributed by atoms with E-state index in [9.17, 15) is 9.59 Å².